The molecule has 0 saturated carbocycles. The van der Waals surface area contributed by atoms with Crippen LogP contribution >= 0.6 is 11.3 Å². The minimum absolute atomic E-state index is 0.155. The predicted molar refractivity (Wildman–Crippen MR) is 96.2 cm³/mol. The van der Waals surface area contributed by atoms with Gasteiger partial charge in [0.2, 0.25) is 10.0 Å². The van der Waals surface area contributed by atoms with E-state index < -0.39 is 10.0 Å². The minimum Gasteiger partial charge on any atom is -0.378 e. The number of nitrogens with zero attached hydrogens (tertiary/aromatic N) is 2. The van der Waals surface area contributed by atoms with Crippen LogP contribution in [0.15, 0.2) is 34.5 Å². The van der Waals surface area contributed by atoms with Crippen LogP contribution in [0.3, 0.4) is 0 Å². The standard InChI is InChI=1S/C16H21N3O4S2/c1-19(2)25(21,22)14-6-4-12(5-7-14)16(20)17-9-8-13-11-24-15(18-13)10-23-3/h4-7,11H,8-10H2,1-3H3,(H,17,20). The van der Waals surface area contributed by atoms with Gasteiger partial charge in [0.1, 0.15) is 5.01 Å². The predicted octanol–water partition coefficient (Wildman–Crippen LogP) is 1.51. The largest absolute Gasteiger partial charge is 0.378 e. The molecule has 2 rings (SSSR count). The van der Waals surface area contributed by atoms with E-state index in [9.17, 15) is 13.2 Å². The molecule has 0 saturated heterocycles. The van der Waals surface area contributed by atoms with Gasteiger partial charge in [0.05, 0.1) is 17.2 Å². The van der Waals surface area contributed by atoms with E-state index in [-0.39, 0.29) is 10.8 Å². The lowest BCUT2D eigenvalue weighted by Crippen LogP contribution is -2.26. The molecule has 0 aliphatic heterocycles. The number of ether oxygens (including phenoxy) is 1. The normalized spacial score (nSPS) is 11.7. The number of methoxy groups -OCH3 is 1. The topological polar surface area (TPSA) is 88.6 Å². The first kappa shape index (κ1) is 19.5. The fourth-order valence-corrected chi connectivity index (χ4v) is 3.75. The Bertz CT molecular complexity index is 814. The zero-order valence-electron chi connectivity index (χ0n) is 14.4. The summed E-state index contributed by atoms with van der Waals surface area (Å²) in [4.78, 5) is 16.7. The molecule has 0 spiro atoms. The van der Waals surface area contributed by atoms with E-state index in [1.807, 2.05) is 5.38 Å². The number of hydrogen-bond acceptors (Lipinski definition) is 6. The maximum absolute atomic E-state index is 12.1. The summed E-state index contributed by atoms with van der Waals surface area (Å²) in [6.45, 7) is 0.936. The number of carbonyl (C=O) groups is 1. The number of hydrogen-bond donors (Lipinski definition) is 1. The average Bonchev–Trinajstić information content (AvgIpc) is 3.02. The van der Waals surface area contributed by atoms with Crippen LogP contribution in [0.4, 0.5) is 0 Å². The molecular weight excluding hydrogens is 362 g/mol. The molecule has 0 atom stereocenters. The summed E-state index contributed by atoms with van der Waals surface area (Å²) in [6.07, 6.45) is 0.624. The van der Waals surface area contributed by atoms with Crippen LogP contribution in [0.25, 0.3) is 0 Å². The number of amides is 1. The van der Waals surface area contributed by atoms with Crippen molar-refractivity contribution in [1.29, 1.82) is 0 Å². The molecule has 0 fully saturated rings. The number of rotatable bonds is 8. The molecule has 0 bridgehead atoms. The van der Waals surface area contributed by atoms with Gasteiger partial charge in [0.15, 0.2) is 0 Å². The summed E-state index contributed by atoms with van der Waals surface area (Å²) < 4.78 is 30.2. The second-order valence-electron chi connectivity index (χ2n) is 5.48. The van der Waals surface area contributed by atoms with Crippen molar-refractivity contribution in [3.63, 3.8) is 0 Å². The Morgan fingerprint density at radius 3 is 2.56 bits per heavy atom. The summed E-state index contributed by atoms with van der Waals surface area (Å²) in [5.41, 5.74) is 1.32. The van der Waals surface area contributed by atoms with E-state index in [1.165, 1.54) is 49.7 Å². The lowest BCUT2D eigenvalue weighted by Gasteiger charge is -2.11. The average molecular weight is 383 g/mol. The molecule has 25 heavy (non-hydrogen) atoms. The highest BCUT2D eigenvalue weighted by Crippen LogP contribution is 2.14. The third-order valence-corrected chi connectivity index (χ3v) is 6.13. The van der Waals surface area contributed by atoms with Gasteiger partial charge in [0, 0.05) is 45.1 Å². The Hall–Kier alpha value is -1.81. The zero-order valence-corrected chi connectivity index (χ0v) is 16.0. The fourth-order valence-electron chi connectivity index (χ4n) is 2.05. The van der Waals surface area contributed by atoms with E-state index >= 15 is 0 Å². The van der Waals surface area contributed by atoms with Crippen LogP contribution in [-0.2, 0) is 27.8 Å². The number of carbonyl (C=O) groups excluding carboxylic acids is 1. The van der Waals surface area contributed by atoms with Crippen molar-refractivity contribution < 1.29 is 17.9 Å². The molecule has 0 aliphatic carbocycles. The summed E-state index contributed by atoms with van der Waals surface area (Å²) in [5, 5.41) is 5.65. The van der Waals surface area contributed by atoms with Crippen molar-refractivity contribution in [1.82, 2.24) is 14.6 Å². The van der Waals surface area contributed by atoms with Gasteiger partial charge in [-0.05, 0) is 24.3 Å². The Morgan fingerprint density at radius 1 is 1.28 bits per heavy atom. The molecule has 1 aromatic heterocycles. The van der Waals surface area contributed by atoms with Gasteiger partial charge >= 0.3 is 0 Å². The van der Waals surface area contributed by atoms with Crippen LogP contribution in [0, 0.1) is 0 Å². The molecule has 1 aromatic carbocycles. The highest BCUT2D eigenvalue weighted by Gasteiger charge is 2.17. The molecule has 1 N–H and O–H groups in total. The fraction of sp³-hybridized carbons (Fsp3) is 0.375. The van der Waals surface area contributed by atoms with Crippen LogP contribution in [0.1, 0.15) is 21.1 Å². The smallest absolute Gasteiger partial charge is 0.251 e. The third kappa shape index (κ3) is 5.08. The first-order chi connectivity index (χ1) is 11.8. The monoisotopic (exact) mass is 383 g/mol. The first-order valence-corrected chi connectivity index (χ1v) is 9.89. The summed E-state index contributed by atoms with van der Waals surface area (Å²) in [6, 6.07) is 5.87. The van der Waals surface area contributed by atoms with Crippen LogP contribution in [-0.4, -0.2) is 51.4 Å². The van der Waals surface area contributed by atoms with E-state index in [4.69, 9.17) is 4.74 Å². The number of sulfonamides is 1. The van der Waals surface area contributed by atoms with Gasteiger partial charge in [-0.1, -0.05) is 0 Å². The molecule has 0 aliphatic rings. The third-order valence-electron chi connectivity index (χ3n) is 3.43. The van der Waals surface area contributed by atoms with Crippen molar-refractivity contribution >= 4 is 27.3 Å². The molecule has 2 aromatic rings. The Labute approximate surface area is 151 Å². The second-order valence-corrected chi connectivity index (χ2v) is 8.58. The number of aromatic nitrogens is 1. The lowest BCUT2D eigenvalue weighted by atomic mass is 10.2. The Kier molecular flexibility index (Phi) is 6.65. The number of thiazole rings is 1. The van der Waals surface area contributed by atoms with Gasteiger partial charge in [-0.15, -0.1) is 11.3 Å². The quantitative estimate of drug-likeness (QED) is 0.746. The molecule has 9 heteroatoms. The van der Waals surface area contributed by atoms with Crippen LogP contribution < -0.4 is 5.32 Å². The van der Waals surface area contributed by atoms with Crippen LogP contribution in [0.5, 0.6) is 0 Å². The first-order valence-electron chi connectivity index (χ1n) is 7.57. The molecule has 0 radical (unpaired) electrons. The van der Waals surface area contributed by atoms with Crippen molar-refractivity contribution in [2.24, 2.45) is 0 Å². The highest BCUT2D eigenvalue weighted by molar-refractivity contribution is 7.89. The van der Waals surface area contributed by atoms with Crippen molar-refractivity contribution in [2.75, 3.05) is 27.7 Å². The van der Waals surface area contributed by atoms with Crippen molar-refractivity contribution in [3.8, 4) is 0 Å². The van der Waals surface area contributed by atoms with E-state index in [0.717, 1.165) is 15.0 Å². The molecule has 1 amide bonds. The molecular formula is C16H21N3O4S2. The van der Waals surface area contributed by atoms with Crippen molar-refractivity contribution in [2.45, 2.75) is 17.9 Å². The maximum atomic E-state index is 12.1. The van der Waals surface area contributed by atoms with E-state index in [1.54, 1.807) is 7.11 Å². The van der Waals surface area contributed by atoms with Crippen molar-refractivity contribution in [3.05, 3.63) is 45.9 Å². The summed E-state index contributed by atoms with van der Waals surface area (Å²) in [7, 11) is 1.06. The summed E-state index contributed by atoms with van der Waals surface area (Å²) in [5.74, 6) is -0.249. The maximum Gasteiger partial charge on any atom is 0.251 e. The lowest BCUT2D eigenvalue weighted by molar-refractivity contribution is 0.0954. The highest BCUT2D eigenvalue weighted by atomic mass is 32.2. The van der Waals surface area contributed by atoms with E-state index in [0.29, 0.717) is 25.1 Å². The van der Waals surface area contributed by atoms with E-state index in [2.05, 4.69) is 10.3 Å². The molecule has 136 valence electrons. The number of nitrogens with one attached hydrogen (secondary N) is 1. The number of benzene rings is 1. The SMILES string of the molecule is COCc1nc(CCNC(=O)c2ccc(S(=O)(=O)N(C)C)cc2)cs1. The Balaban J connectivity index is 1.90. The minimum atomic E-state index is -3.49. The van der Waals surface area contributed by atoms with Crippen LogP contribution in [0.2, 0.25) is 0 Å². The molecule has 0 unspecified atom stereocenters. The molecule has 7 nitrogen and oxygen atoms in total. The second kappa shape index (κ2) is 8.52. The van der Waals surface area contributed by atoms with Gasteiger partial charge in [-0.2, -0.15) is 0 Å². The van der Waals surface area contributed by atoms with Gasteiger partial charge in [-0.3, -0.25) is 4.79 Å². The zero-order chi connectivity index (χ0) is 18.4. The van der Waals surface area contributed by atoms with Gasteiger partial charge in [-0.25, -0.2) is 17.7 Å². The molecule has 1 heterocycles. The van der Waals surface area contributed by atoms with Gasteiger partial charge in [0.25, 0.3) is 5.91 Å². The Morgan fingerprint density at radius 2 is 1.96 bits per heavy atom. The van der Waals surface area contributed by atoms with Gasteiger partial charge < -0.3 is 10.1 Å². The summed E-state index contributed by atoms with van der Waals surface area (Å²) >= 11 is 1.53.